The lowest BCUT2D eigenvalue weighted by molar-refractivity contribution is -0.120. The summed E-state index contributed by atoms with van der Waals surface area (Å²) >= 11 is 3.28. The lowest BCUT2D eigenvalue weighted by atomic mass is 10.1. The van der Waals surface area contributed by atoms with Gasteiger partial charge in [0.15, 0.2) is 0 Å². The predicted octanol–water partition coefficient (Wildman–Crippen LogP) is 2.11. The summed E-state index contributed by atoms with van der Waals surface area (Å²) in [4.78, 5) is 11.3. The maximum absolute atomic E-state index is 13.1. The Morgan fingerprint density at radius 2 is 2.31 bits per heavy atom. The monoisotopic (exact) mass is 288 g/mol. The smallest absolute Gasteiger partial charge is 0.239 e. The molecular weight excluding hydrogens is 275 g/mol. The first kappa shape index (κ1) is 13.1. The summed E-state index contributed by atoms with van der Waals surface area (Å²) in [6.45, 7) is 2.63. The molecule has 0 aliphatic rings. The molecule has 16 heavy (non-hydrogen) atoms. The van der Waals surface area contributed by atoms with Crippen molar-refractivity contribution in [1.29, 1.82) is 0 Å². The lowest BCUT2D eigenvalue weighted by Gasteiger charge is -2.16. The molecule has 3 N–H and O–H groups in total. The third kappa shape index (κ3) is 3.28. The largest absolute Gasteiger partial charge is 0.368 e. The minimum Gasteiger partial charge on any atom is -0.368 e. The van der Waals surface area contributed by atoms with Crippen molar-refractivity contribution in [2.45, 2.75) is 19.4 Å². The van der Waals surface area contributed by atoms with Crippen LogP contribution in [-0.4, -0.2) is 12.5 Å². The molecule has 0 fully saturated rings. The second-order valence-corrected chi connectivity index (χ2v) is 4.31. The molecule has 0 aromatic heterocycles. The Hall–Kier alpha value is -0.940. The van der Waals surface area contributed by atoms with Crippen LogP contribution in [0.4, 0.5) is 4.39 Å². The highest BCUT2D eigenvalue weighted by molar-refractivity contribution is 9.10. The molecule has 0 spiro atoms. The van der Waals surface area contributed by atoms with Crippen LogP contribution in [0, 0.1) is 5.82 Å². The standard InChI is InChI=1S/C11H14BrFN2O/c1-2-5-15-10(11(14)16)8-6-7(13)3-4-9(8)12/h3-4,6,10,15H,2,5H2,1H3,(H2,14,16). The normalized spacial score (nSPS) is 12.4. The zero-order valence-electron chi connectivity index (χ0n) is 8.97. The SMILES string of the molecule is CCCNC(C(N)=O)c1cc(F)ccc1Br. The van der Waals surface area contributed by atoms with Gasteiger partial charge in [0.1, 0.15) is 11.9 Å². The molecule has 0 radical (unpaired) electrons. The van der Waals surface area contributed by atoms with E-state index in [0.717, 1.165) is 6.42 Å². The number of nitrogens with two attached hydrogens (primary N) is 1. The number of primary amides is 1. The number of benzene rings is 1. The Morgan fingerprint density at radius 1 is 1.62 bits per heavy atom. The van der Waals surface area contributed by atoms with Gasteiger partial charge in [-0.15, -0.1) is 0 Å². The maximum atomic E-state index is 13.1. The zero-order valence-corrected chi connectivity index (χ0v) is 10.6. The number of hydrogen-bond acceptors (Lipinski definition) is 2. The van der Waals surface area contributed by atoms with E-state index < -0.39 is 11.9 Å². The second-order valence-electron chi connectivity index (χ2n) is 3.46. The fraction of sp³-hybridized carbons (Fsp3) is 0.364. The Kier molecular flexibility index (Phi) is 4.89. The molecule has 0 heterocycles. The number of rotatable bonds is 5. The van der Waals surface area contributed by atoms with Crippen LogP contribution in [0.2, 0.25) is 0 Å². The molecule has 0 saturated carbocycles. The van der Waals surface area contributed by atoms with Gasteiger partial charge in [-0.25, -0.2) is 4.39 Å². The first-order valence-electron chi connectivity index (χ1n) is 5.04. The minimum atomic E-state index is -0.662. The van der Waals surface area contributed by atoms with E-state index in [4.69, 9.17) is 5.73 Å². The molecule has 5 heteroatoms. The summed E-state index contributed by atoms with van der Waals surface area (Å²) < 4.78 is 13.8. The average molecular weight is 289 g/mol. The molecule has 0 aliphatic heterocycles. The Balaban J connectivity index is 3.00. The van der Waals surface area contributed by atoms with E-state index in [0.29, 0.717) is 16.6 Å². The Morgan fingerprint density at radius 3 is 2.88 bits per heavy atom. The van der Waals surface area contributed by atoms with Gasteiger partial charge in [-0.3, -0.25) is 4.79 Å². The quantitative estimate of drug-likeness (QED) is 0.872. The van der Waals surface area contributed by atoms with Gasteiger partial charge in [0, 0.05) is 4.47 Å². The summed E-state index contributed by atoms with van der Waals surface area (Å²) in [6, 6.07) is 3.53. The summed E-state index contributed by atoms with van der Waals surface area (Å²) in [5, 5.41) is 2.98. The number of amides is 1. The van der Waals surface area contributed by atoms with Crippen LogP contribution in [0.5, 0.6) is 0 Å². The Labute approximate surface area is 102 Å². The molecular formula is C11H14BrFN2O. The highest BCUT2D eigenvalue weighted by Crippen LogP contribution is 2.24. The highest BCUT2D eigenvalue weighted by atomic mass is 79.9. The first-order chi connectivity index (χ1) is 7.56. The minimum absolute atomic E-state index is 0.386. The molecule has 0 saturated heterocycles. The van der Waals surface area contributed by atoms with Crippen molar-refractivity contribution < 1.29 is 9.18 Å². The molecule has 1 rings (SSSR count). The summed E-state index contributed by atoms with van der Waals surface area (Å²) in [5.41, 5.74) is 5.81. The van der Waals surface area contributed by atoms with Crippen LogP contribution in [0.15, 0.2) is 22.7 Å². The van der Waals surface area contributed by atoms with Crippen molar-refractivity contribution in [3.63, 3.8) is 0 Å². The topological polar surface area (TPSA) is 55.1 Å². The van der Waals surface area contributed by atoms with Crippen molar-refractivity contribution in [2.24, 2.45) is 5.73 Å². The molecule has 88 valence electrons. The highest BCUT2D eigenvalue weighted by Gasteiger charge is 2.19. The van der Waals surface area contributed by atoms with E-state index in [-0.39, 0.29) is 5.82 Å². The van der Waals surface area contributed by atoms with Gasteiger partial charge in [-0.1, -0.05) is 22.9 Å². The molecule has 1 atom stereocenters. The van der Waals surface area contributed by atoms with E-state index in [1.165, 1.54) is 12.1 Å². The summed E-state index contributed by atoms with van der Waals surface area (Å²) in [6.07, 6.45) is 0.872. The van der Waals surface area contributed by atoms with E-state index in [1.54, 1.807) is 6.07 Å². The van der Waals surface area contributed by atoms with Crippen LogP contribution in [0.25, 0.3) is 0 Å². The summed E-state index contributed by atoms with van der Waals surface area (Å²) in [7, 11) is 0. The molecule has 1 aromatic rings. The van der Waals surface area contributed by atoms with E-state index in [1.807, 2.05) is 6.92 Å². The van der Waals surface area contributed by atoms with Crippen molar-refractivity contribution in [2.75, 3.05) is 6.54 Å². The van der Waals surface area contributed by atoms with E-state index in [9.17, 15) is 9.18 Å². The molecule has 3 nitrogen and oxygen atoms in total. The average Bonchev–Trinajstić information content (AvgIpc) is 2.23. The predicted molar refractivity (Wildman–Crippen MR) is 64.3 cm³/mol. The van der Waals surface area contributed by atoms with Gasteiger partial charge >= 0.3 is 0 Å². The van der Waals surface area contributed by atoms with Crippen molar-refractivity contribution in [3.8, 4) is 0 Å². The zero-order chi connectivity index (χ0) is 12.1. The first-order valence-corrected chi connectivity index (χ1v) is 5.83. The number of hydrogen-bond donors (Lipinski definition) is 2. The van der Waals surface area contributed by atoms with Crippen molar-refractivity contribution in [3.05, 3.63) is 34.1 Å². The van der Waals surface area contributed by atoms with Crippen LogP contribution in [-0.2, 0) is 4.79 Å². The lowest BCUT2D eigenvalue weighted by Crippen LogP contribution is -2.34. The van der Waals surface area contributed by atoms with Gasteiger partial charge in [-0.05, 0) is 36.7 Å². The van der Waals surface area contributed by atoms with Crippen LogP contribution in [0.1, 0.15) is 24.9 Å². The molecule has 1 aromatic carbocycles. The van der Waals surface area contributed by atoms with Crippen LogP contribution >= 0.6 is 15.9 Å². The third-order valence-electron chi connectivity index (χ3n) is 2.15. The van der Waals surface area contributed by atoms with Crippen molar-refractivity contribution >= 4 is 21.8 Å². The Bertz CT molecular complexity index is 384. The van der Waals surface area contributed by atoms with Crippen molar-refractivity contribution in [1.82, 2.24) is 5.32 Å². The van der Waals surface area contributed by atoms with Gasteiger partial charge in [-0.2, -0.15) is 0 Å². The number of carbonyl (C=O) groups is 1. The van der Waals surface area contributed by atoms with Crippen LogP contribution in [0.3, 0.4) is 0 Å². The number of halogens is 2. The number of nitrogens with one attached hydrogen (secondary N) is 1. The fourth-order valence-electron chi connectivity index (χ4n) is 1.39. The van der Waals surface area contributed by atoms with Gasteiger partial charge < -0.3 is 11.1 Å². The second kappa shape index (κ2) is 5.96. The molecule has 1 unspecified atom stereocenters. The fourth-order valence-corrected chi connectivity index (χ4v) is 1.86. The third-order valence-corrected chi connectivity index (χ3v) is 2.87. The van der Waals surface area contributed by atoms with Crippen LogP contribution < -0.4 is 11.1 Å². The van der Waals surface area contributed by atoms with Gasteiger partial charge in [0.25, 0.3) is 0 Å². The number of carbonyl (C=O) groups excluding carboxylic acids is 1. The van der Waals surface area contributed by atoms with E-state index in [2.05, 4.69) is 21.2 Å². The van der Waals surface area contributed by atoms with Gasteiger partial charge in [0.05, 0.1) is 0 Å². The molecule has 1 amide bonds. The molecule has 0 aliphatic carbocycles. The van der Waals surface area contributed by atoms with Gasteiger partial charge in [0.2, 0.25) is 5.91 Å². The molecule has 0 bridgehead atoms. The maximum Gasteiger partial charge on any atom is 0.239 e. The summed E-state index contributed by atoms with van der Waals surface area (Å²) in [5.74, 6) is -0.900. The van der Waals surface area contributed by atoms with E-state index >= 15 is 0 Å².